The maximum atomic E-state index is 4.41. The van der Waals surface area contributed by atoms with Gasteiger partial charge in [0.25, 0.3) is 0 Å². The smallest absolute Gasteiger partial charge is 0.143 e. The molecule has 2 rings (SSSR count). The van der Waals surface area contributed by atoms with Crippen molar-refractivity contribution in [1.29, 1.82) is 0 Å². The van der Waals surface area contributed by atoms with Crippen LogP contribution in [-0.2, 0) is 6.54 Å². The van der Waals surface area contributed by atoms with E-state index in [2.05, 4.69) is 17.0 Å². The van der Waals surface area contributed by atoms with Gasteiger partial charge in [0.2, 0.25) is 0 Å². The summed E-state index contributed by atoms with van der Waals surface area (Å²) < 4.78 is 1.96. The Bertz CT molecular complexity index is 364. The molecule has 3 nitrogen and oxygen atoms in total. The summed E-state index contributed by atoms with van der Waals surface area (Å²) in [7, 11) is 0. The van der Waals surface area contributed by atoms with E-state index in [1.165, 1.54) is 0 Å². The zero-order valence-corrected chi connectivity index (χ0v) is 8.29. The fourth-order valence-corrected chi connectivity index (χ4v) is 1.78. The van der Waals surface area contributed by atoms with Gasteiger partial charge in [-0.15, -0.1) is 11.3 Å². The Balaban J connectivity index is 2.23. The van der Waals surface area contributed by atoms with Gasteiger partial charge in [0.05, 0.1) is 0 Å². The molecule has 0 saturated heterocycles. The van der Waals surface area contributed by atoms with Gasteiger partial charge >= 0.3 is 0 Å². The average molecular weight is 193 g/mol. The Morgan fingerprint density at radius 1 is 1.54 bits per heavy atom. The third-order valence-electron chi connectivity index (χ3n) is 1.74. The molecule has 4 heteroatoms. The topological polar surface area (TPSA) is 30.7 Å². The largest absolute Gasteiger partial charge is 0.272 e. The predicted octanol–water partition coefficient (Wildman–Crippen LogP) is 2.42. The van der Waals surface area contributed by atoms with Crippen molar-refractivity contribution in [2.75, 3.05) is 0 Å². The minimum Gasteiger partial charge on any atom is -0.272 e. The van der Waals surface area contributed by atoms with E-state index >= 15 is 0 Å². The molecule has 0 bridgehead atoms. The Morgan fingerprint density at radius 2 is 2.46 bits per heavy atom. The second-order valence-electron chi connectivity index (χ2n) is 2.80. The first-order valence-electron chi connectivity index (χ1n) is 4.33. The lowest BCUT2D eigenvalue weighted by Gasteiger charge is -1.94. The van der Waals surface area contributed by atoms with Crippen LogP contribution in [0.4, 0.5) is 0 Å². The molecule has 0 aliphatic rings. The van der Waals surface area contributed by atoms with Gasteiger partial charge in [-0.2, -0.15) is 5.10 Å². The van der Waals surface area contributed by atoms with Gasteiger partial charge in [0.15, 0.2) is 0 Å². The Labute approximate surface area is 81.1 Å². The third kappa shape index (κ3) is 1.78. The van der Waals surface area contributed by atoms with Crippen LogP contribution >= 0.6 is 11.3 Å². The van der Waals surface area contributed by atoms with E-state index in [4.69, 9.17) is 0 Å². The van der Waals surface area contributed by atoms with Crippen LogP contribution in [0.15, 0.2) is 23.8 Å². The highest BCUT2D eigenvalue weighted by atomic mass is 32.1. The fraction of sp³-hybridized carbons (Fsp3) is 0.333. The number of rotatable bonds is 3. The van der Waals surface area contributed by atoms with Crippen LogP contribution in [0.3, 0.4) is 0 Å². The molecule has 0 spiro atoms. The number of thiazole rings is 1. The lowest BCUT2D eigenvalue weighted by molar-refractivity contribution is 0.604. The maximum Gasteiger partial charge on any atom is 0.143 e. The zero-order valence-electron chi connectivity index (χ0n) is 7.47. The third-order valence-corrected chi connectivity index (χ3v) is 2.54. The minimum atomic E-state index is 0.975. The molecule has 68 valence electrons. The zero-order chi connectivity index (χ0) is 9.10. The van der Waals surface area contributed by atoms with E-state index in [-0.39, 0.29) is 0 Å². The van der Waals surface area contributed by atoms with E-state index in [0.717, 1.165) is 23.7 Å². The van der Waals surface area contributed by atoms with Crippen molar-refractivity contribution < 1.29 is 0 Å². The number of aromatic nitrogens is 3. The number of aryl methyl sites for hydroxylation is 1. The molecule has 0 saturated carbocycles. The van der Waals surface area contributed by atoms with Gasteiger partial charge in [-0.25, -0.2) is 4.98 Å². The highest BCUT2D eigenvalue weighted by molar-refractivity contribution is 7.13. The van der Waals surface area contributed by atoms with Gasteiger partial charge in [-0.05, 0) is 12.5 Å². The summed E-state index contributed by atoms with van der Waals surface area (Å²) in [5.41, 5.74) is 0.975. The molecule has 0 radical (unpaired) electrons. The van der Waals surface area contributed by atoms with Crippen molar-refractivity contribution >= 4 is 11.3 Å². The molecule has 0 N–H and O–H groups in total. The molecule has 2 aromatic rings. The summed E-state index contributed by atoms with van der Waals surface area (Å²) in [5, 5.41) is 7.37. The fourth-order valence-electron chi connectivity index (χ4n) is 1.18. The molecule has 0 fully saturated rings. The van der Waals surface area contributed by atoms with Gasteiger partial charge in [-0.1, -0.05) is 6.92 Å². The Morgan fingerprint density at radius 3 is 3.15 bits per heavy atom. The van der Waals surface area contributed by atoms with Crippen LogP contribution in [0.25, 0.3) is 10.7 Å². The van der Waals surface area contributed by atoms with Crippen LogP contribution in [-0.4, -0.2) is 14.8 Å². The van der Waals surface area contributed by atoms with E-state index in [0.29, 0.717) is 0 Å². The quantitative estimate of drug-likeness (QED) is 0.749. The molecule has 0 aliphatic carbocycles. The highest BCUT2D eigenvalue weighted by Crippen LogP contribution is 2.18. The summed E-state index contributed by atoms with van der Waals surface area (Å²) >= 11 is 1.62. The van der Waals surface area contributed by atoms with Crippen LogP contribution in [0.5, 0.6) is 0 Å². The van der Waals surface area contributed by atoms with E-state index in [9.17, 15) is 0 Å². The number of hydrogen-bond donors (Lipinski definition) is 0. The number of hydrogen-bond acceptors (Lipinski definition) is 3. The Kier molecular flexibility index (Phi) is 2.40. The first-order valence-corrected chi connectivity index (χ1v) is 5.21. The SMILES string of the molecule is CCCn1ccc(-c2nccs2)n1. The predicted molar refractivity (Wildman–Crippen MR) is 53.6 cm³/mol. The minimum absolute atomic E-state index is 0.975. The van der Waals surface area contributed by atoms with Gasteiger partial charge < -0.3 is 0 Å². The summed E-state index contributed by atoms with van der Waals surface area (Å²) in [6.45, 7) is 3.12. The Hall–Kier alpha value is -1.16. The molecular formula is C9H11N3S. The van der Waals surface area contributed by atoms with Crippen molar-refractivity contribution in [3.05, 3.63) is 23.8 Å². The summed E-state index contributed by atoms with van der Waals surface area (Å²) in [5.74, 6) is 0. The monoisotopic (exact) mass is 193 g/mol. The molecule has 0 aliphatic heterocycles. The molecule has 2 aromatic heterocycles. The molecule has 13 heavy (non-hydrogen) atoms. The van der Waals surface area contributed by atoms with Gasteiger partial charge in [-0.3, -0.25) is 4.68 Å². The summed E-state index contributed by atoms with van der Waals surface area (Å²) in [4.78, 5) is 4.20. The lowest BCUT2D eigenvalue weighted by atomic mass is 10.5. The van der Waals surface area contributed by atoms with Crippen molar-refractivity contribution in [1.82, 2.24) is 14.8 Å². The first kappa shape index (κ1) is 8.44. The molecule has 2 heterocycles. The van der Waals surface area contributed by atoms with Crippen molar-refractivity contribution in [3.63, 3.8) is 0 Å². The van der Waals surface area contributed by atoms with Crippen molar-refractivity contribution in [3.8, 4) is 10.7 Å². The first-order chi connectivity index (χ1) is 6.40. The van der Waals surface area contributed by atoms with E-state index < -0.39 is 0 Å². The highest BCUT2D eigenvalue weighted by Gasteiger charge is 2.03. The normalized spacial score (nSPS) is 10.5. The second-order valence-corrected chi connectivity index (χ2v) is 3.70. The van der Waals surface area contributed by atoms with Crippen LogP contribution < -0.4 is 0 Å². The van der Waals surface area contributed by atoms with Crippen molar-refractivity contribution in [2.45, 2.75) is 19.9 Å². The molecule has 0 aromatic carbocycles. The standard InChI is InChI=1S/C9H11N3S/c1-2-5-12-6-3-8(11-12)9-10-4-7-13-9/h3-4,6-7H,2,5H2,1H3. The summed E-state index contributed by atoms with van der Waals surface area (Å²) in [6, 6.07) is 2.01. The van der Waals surface area contributed by atoms with Crippen LogP contribution in [0.2, 0.25) is 0 Å². The number of nitrogens with zero attached hydrogens (tertiary/aromatic N) is 3. The molecule has 0 unspecified atom stereocenters. The molecule has 0 amide bonds. The maximum absolute atomic E-state index is 4.41. The second kappa shape index (κ2) is 3.70. The van der Waals surface area contributed by atoms with Gasteiger partial charge in [0, 0.05) is 24.3 Å². The average Bonchev–Trinajstić information content (AvgIpc) is 2.70. The van der Waals surface area contributed by atoms with Crippen LogP contribution in [0, 0.1) is 0 Å². The summed E-state index contributed by atoms with van der Waals surface area (Å²) in [6.07, 6.45) is 4.91. The molecule has 0 atom stereocenters. The van der Waals surface area contributed by atoms with Crippen LogP contribution in [0.1, 0.15) is 13.3 Å². The molecular weight excluding hydrogens is 182 g/mol. The lowest BCUT2D eigenvalue weighted by Crippen LogP contribution is -1.96. The van der Waals surface area contributed by atoms with E-state index in [1.807, 2.05) is 22.3 Å². The van der Waals surface area contributed by atoms with E-state index in [1.54, 1.807) is 17.5 Å². The van der Waals surface area contributed by atoms with Gasteiger partial charge in [0.1, 0.15) is 10.7 Å². The van der Waals surface area contributed by atoms with Crippen molar-refractivity contribution in [2.24, 2.45) is 0 Å².